The molecule has 1 N–H and O–H groups in total. The molecule has 5 nitrogen and oxygen atoms in total. The van der Waals surface area contributed by atoms with Crippen molar-refractivity contribution in [1.29, 1.82) is 0 Å². The lowest BCUT2D eigenvalue weighted by Gasteiger charge is -2.51. The fourth-order valence-corrected chi connectivity index (χ4v) is 5.36. The summed E-state index contributed by atoms with van der Waals surface area (Å²) < 4.78 is 19.3. The second kappa shape index (κ2) is 9.26. The van der Waals surface area contributed by atoms with Crippen LogP contribution in [0.3, 0.4) is 0 Å². The van der Waals surface area contributed by atoms with E-state index < -0.39 is 23.6 Å². The zero-order valence-electron chi connectivity index (χ0n) is 21.4. The Balaban J connectivity index is 1.64. The lowest BCUT2D eigenvalue weighted by Crippen LogP contribution is -2.53. The van der Waals surface area contributed by atoms with Crippen LogP contribution in [-0.2, 0) is 9.53 Å². The van der Waals surface area contributed by atoms with E-state index in [9.17, 15) is 9.90 Å². The van der Waals surface area contributed by atoms with Crippen LogP contribution in [0, 0.1) is 18.8 Å². The normalized spacial score (nSPS) is 25.4. The van der Waals surface area contributed by atoms with E-state index in [1.165, 1.54) is 5.56 Å². The smallest absolute Gasteiger partial charge is 0.309 e. The van der Waals surface area contributed by atoms with Crippen molar-refractivity contribution < 1.29 is 24.1 Å². The number of carboxylic acids is 1. The second-order valence-electron chi connectivity index (χ2n) is 11.0. The van der Waals surface area contributed by atoms with Crippen molar-refractivity contribution in [2.75, 3.05) is 6.61 Å². The highest BCUT2D eigenvalue weighted by atomic mass is 16.6. The maximum absolute atomic E-state index is 12.3. The Hall–Kier alpha value is -2.53. The molecule has 2 aliphatic heterocycles. The molecule has 184 valence electrons. The number of rotatable bonds is 6. The van der Waals surface area contributed by atoms with Crippen LogP contribution in [0.15, 0.2) is 36.4 Å². The molecule has 0 bridgehead atoms. The molecule has 4 rings (SSSR count). The standard InChI is InChI=1S/C29H38O5/c1-16(2)19-9-11-20(12-10-19)32-15-24-22(28(30)31)14-23-27(33-24)25-18(5)8-13-21(17(3)4)26(25)34-29(23,6)7/h8-13,16-17,22-24,27H,14-15H2,1-7H3,(H,30,31)/t22-,23-,24-,27-/m0/s1. The van der Waals surface area contributed by atoms with Crippen LogP contribution in [0.1, 0.15) is 88.2 Å². The maximum atomic E-state index is 12.3. The summed E-state index contributed by atoms with van der Waals surface area (Å²) in [5, 5.41) is 10.1. The Bertz CT molecular complexity index is 1040. The first-order valence-electron chi connectivity index (χ1n) is 12.4. The van der Waals surface area contributed by atoms with Gasteiger partial charge in [0.1, 0.15) is 29.8 Å². The summed E-state index contributed by atoms with van der Waals surface area (Å²) in [5.41, 5.74) is 4.04. The van der Waals surface area contributed by atoms with E-state index in [1.807, 2.05) is 12.1 Å². The minimum absolute atomic E-state index is 0.0659. The van der Waals surface area contributed by atoms with E-state index in [-0.39, 0.29) is 18.6 Å². The van der Waals surface area contributed by atoms with Gasteiger partial charge in [-0.2, -0.15) is 0 Å². The number of hydrogen-bond donors (Lipinski definition) is 1. The van der Waals surface area contributed by atoms with Gasteiger partial charge < -0.3 is 19.3 Å². The monoisotopic (exact) mass is 466 g/mol. The first-order chi connectivity index (χ1) is 16.0. The third-order valence-electron chi connectivity index (χ3n) is 7.53. The number of aliphatic carboxylic acids is 1. The molecule has 2 aliphatic rings. The van der Waals surface area contributed by atoms with Crippen LogP contribution in [0.5, 0.6) is 11.5 Å². The van der Waals surface area contributed by atoms with Crippen molar-refractivity contribution in [3.8, 4) is 11.5 Å². The quantitative estimate of drug-likeness (QED) is 0.517. The van der Waals surface area contributed by atoms with Gasteiger partial charge in [0.15, 0.2) is 0 Å². The van der Waals surface area contributed by atoms with Crippen LogP contribution in [0.4, 0.5) is 0 Å². The predicted molar refractivity (Wildman–Crippen MR) is 133 cm³/mol. The molecule has 34 heavy (non-hydrogen) atoms. The molecule has 2 aromatic rings. The van der Waals surface area contributed by atoms with E-state index in [2.05, 4.69) is 72.7 Å². The molecule has 5 heteroatoms. The highest BCUT2D eigenvalue weighted by Gasteiger charge is 2.53. The molecule has 0 aliphatic carbocycles. The average Bonchev–Trinajstić information content (AvgIpc) is 2.76. The molecule has 2 heterocycles. The maximum Gasteiger partial charge on any atom is 0.309 e. The molecular weight excluding hydrogens is 428 g/mol. The third-order valence-corrected chi connectivity index (χ3v) is 7.53. The van der Waals surface area contributed by atoms with E-state index >= 15 is 0 Å². The predicted octanol–water partition coefficient (Wildman–Crippen LogP) is 6.64. The van der Waals surface area contributed by atoms with Crippen molar-refractivity contribution in [3.05, 3.63) is 58.7 Å². The largest absolute Gasteiger partial charge is 0.491 e. The minimum atomic E-state index is -0.851. The van der Waals surface area contributed by atoms with Gasteiger partial charge in [-0.3, -0.25) is 4.79 Å². The fourth-order valence-electron chi connectivity index (χ4n) is 5.36. The molecule has 0 spiro atoms. The lowest BCUT2D eigenvalue weighted by atomic mass is 9.70. The SMILES string of the molecule is Cc1ccc(C(C)C)c2c1[C@H]1O[C@@H](COc3ccc(C(C)C)cc3)[C@@H](C(=O)O)C[C@@H]1C(C)(C)O2. The number of carbonyl (C=O) groups is 1. The van der Waals surface area contributed by atoms with Crippen LogP contribution in [0.2, 0.25) is 0 Å². The number of benzene rings is 2. The molecule has 0 aromatic heterocycles. The second-order valence-corrected chi connectivity index (χ2v) is 11.0. The number of hydrogen-bond acceptors (Lipinski definition) is 4. The van der Waals surface area contributed by atoms with Gasteiger partial charge in [0.2, 0.25) is 0 Å². The fraction of sp³-hybridized carbons (Fsp3) is 0.552. The molecule has 0 unspecified atom stereocenters. The summed E-state index contributed by atoms with van der Waals surface area (Å²) in [7, 11) is 0. The van der Waals surface area contributed by atoms with Gasteiger partial charge in [-0.05, 0) is 67.9 Å². The Kier molecular flexibility index (Phi) is 6.69. The molecule has 0 radical (unpaired) electrons. The molecule has 1 fully saturated rings. The molecule has 1 saturated heterocycles. The van der Waals surface area contributed by atoms with Crippen molar-refractivity contribution >= 4 is 5.97 Å². The van der Waals surface area contributed by atoms with Gasteiger partial charge in [-0.25, -0.2) is 0 Å². The topological polar surface area (TPSA) is 65.0 Å². The van der Waals surface area contributed by atoms with E-state index in [4.69, 9.17) is 14.2 Å². The summed E-state index contributed by atoms with van der Waals surface area (Å²) in [6, 6.07) is 12.3. The molecular formula is C29H38O5. The number of carboxylic acid groups (broad SMARTS) is 1. The average molecular weight is 467 g/mol. The Morgan fingerprint density at radius 1 is 1.09 bits per heavy atom. The molecule has 4 atom stereocenters. The van der Waals surface area contributed by atoms with Gasteiger partial charge in [0.25, 0.3) is 0 Å². The van der Waals surface area contributed by atoms with Gasteiger partial charge >= 0.3 is 5.97 Å². The van der Waals surface area contributed by atoms with Crippen molar-refractivity contribution in [2.45, 2.75) is 84.5 Å². The summed E-state index contributed by atoms with van der Waals surface area (Å²) in [4.78, 5) is 12.3. The van der Waals surface area contributed by atoms with Crippen LogP contribution in [0.25, 0.3) is 0 Å². The zero-order chi connectivity index (χ0) is 24.8. The van der Waals surface area contributed by atoms with E-state index in [0.29, 0.717) is 18.3 Å². The van der Waals surface area contributed by atoms with Crippen molar-refractivity contribution in [2.24, 2.45) is 11.8 Å². The highest BCUT2D eigenvalue weighted by molar-refractivity contribution is 5.71. The van der Waals surface area contributed by atoms with Crippen LogP contribution >= 0.6 is 0 Å². The Morgan fingerprint density at radius 2 is 1.76 bits per heavy atom. The van der Waals surface area contributed by atoms with Crippen molar-refractivity contribution in [1.82, 2.24) is 0 Å². The summed E-state index contributed by atoms with van der Waals surface area (Å²) in [5.74, 6) is 0.809. The number of aryl methyl sites for hydroxylation is 1. The highest BCUT2D eigenvalue weighted by Crippen LogP contribution is 2.54. The van der Waals surface area contributed by atoms with Crippen LogP contribution in [-0.4, -0.2) is 29.4 Å². The van der Waals surface area contributed by atoms with E-state index in [1.54, 1.807) is 0 Å². The first-order valence-corrected chi connectivity index (χ1v) is 12.4. The Labute approximate surface area is 203 Å². The molecule has 0 saturated carbocycles. The van der Waals surface area contributed by atoms with Gasteiger partial charge in [0.05, 0.1) is 12.0 Å². The lowest BCUT2D eigenvalue weighted by molar-refractivity contribution is -0.192. The third kappa shape index (κ3) is 4.55. The van der Waals surface area contributed by atoms with Crippen molar-refractivity contribution in [3.63, 3.8) is 0 Å². The van der Waals surface area contributed by atoms with Gasteiger partial charge in [0, 0.05) is 11.5 Å². The number of ether oxygens (including phenoxy) is 3. The number of fused-ring (bicyclic) bond motifs is 3. The minimum Gasteiger partial charge on any atom is -0.491 e. The molecule has 2 aromatic carbocycles. The van der Waals surface area contributed by atoms with Crippen LogP contribution < -0.4 is 9.47 Å². The first kappa shape index (κ1) is 24.6. The zero-order valence-corrected chi connectivity index (χ0v) is 21.4. The van der Waals surface area contributed by atoms with Gasteiger partial charge in [-0.15, -0.1) is 0 Å². The summed E-state index contributed by atoms with van der Waals surface area (Å²) >= 11 is 0. The molecule has 0 amide bonds. The Morgan fingerprint density at radius 3 is 2.35 bits per heavy atom. The van der Waals surface area contributed by atoms with Gasteiger partial charge in [-0.1, -0.05) is 52.0 Å². The van der Waals surface area contributed by atoms with E-state index in [0.717, 1.165) is 28.2 Å². The summed E-state index contributed by atoms with van der Waals surface area (Å²) in [6.45, 7) is 15.0. The summed E-state index contributed by atoms with van der Waals surface area (Å²) in [6.07, 6.45) is -0.296.